The third kappa shape index (κ3) is 4.48. The van der Waals surface area contributed by atoms with E-state index in [4.69, 9.17) is 0 Å². The number of hydrogen-bond acceptors (Lipinski definition) is 4. The summed E-state index contributed by atoms with van der Waals surface area (Å²) in [7, 11) is -3.81. The summed E-state index contributed by atoms with van der Waals surface area (Å²) in [6.07, 6.45) is 0.209. The highest BCUT2D eigenvalue weighted by Crippen LogP contribution is 2.25. The normalized spacial score (nSPS) is 11.5. The molecule has 6 heteroatoms. The van der Waals surface area contributed by atoms with E-state index < -0.39 is 15.9 Å². The molecule has 0 aromatic heterocycles. The number of nitrogens with one attached hydrogen (secondary N) is 1. The van der Waals surface area contributed by atoms with Crippen LogP contribution < -0.4 is 4.72 Å². The first kappa shape index (κ1) is 18.0. The van der Waals surface area contributed by atoms with E-state index in [1.54, 1.807) is 25.6 Å². The number of benzene rings is 1. The number of amides is 1. The van der Waals surface area contributed by atoms with Gasteiger partial charge in [0.1, 0.15) is 0 Å². The Labute approximate surface area is 131 Å². The summed E-state index contributed by atoms with van der Waals surface area (Å²) in [6, 6.07) is 1.96. The lowest BCUT2D eigenvalue weighted by molar-refractivity contribution is -0.118. The molecule has 0 aliphatic carbocycles. The topological polar surface area (TPSA) is 63.2 Å². The fraction of sp³-hybridized carbons (Fsp3) is 0.533. The van der Waals surface area contributed by atoms with Crippen LogP contribution >= 0.6 is 11.8 Å². The van der Waals surface area contributed by atoms with E-state index in [0.717, 1.165) is 16.9 Å². The van der Waals surface area contributed by atoms with E-state index in [0.29, 0.717) is 16.9 Å². The lowest BCUT2D eigenvalue weighted by Gasteiger charge is -2.16. The number of hydrogen-bond donors (Lipinski definition) is 1. The molecule has 0 radical (unpaired) electrons. The maximum Gasteiger partial charge on any atom is 0.264 e. The molecule has 1 amide bonds. The number of thioether (sulfide) groups is 1. The average molecular weight is 329 g/mol. The summed E-state index contributed by atoms with van der Waals surface area (Å²) in [5.74, 6) is 1.09. The van der Waals surface area contributed by atoms with Crippen LogP contribution in [0.5, 0.6) is 0 Å². The van der Waals surface area contributed by atoms with Gasteiger partial charge < -0.3 is 0 Å². The summed E-state index contributed by atoms with van der Waals surface area (Å²) >= 11 is 1.61. The van der Waals surface area contributed by atoms with Crippen molar-refractivity contribution in [2.45, 2.75) is 45.9 Å². The molecule has 4 nitrogen and oxygen atoms in total. The van der Waals surface area contributed by atoms with Gasteiger partial charge in [0.2, 0.25) is 5.91 Å². The first-order valence-electron chi connectivity index (χ1n) is 6.91. The van der Waals surface area contributed by atoms with Crippen LogP contribution in [-0.4, -0.2) is 25.8 Å². The SMILES string of the molecule is CCSCCC(=O)NS(=O)(=O)c1c(C)c(C)cc(C)c1C. The van der Waals surface area contributed by atoms with E-state index in [9.17, 15) is 13.2 Å². The molecule has 0 spiro atoms. The minimum absolute atomic E-state index is 0.209. The second kappa shape index (κ2) is 7.31. The standard InChI is InChI=1S/C15H23NO3S2/c1-6-20-8-7-14(17)16-21(18,19)15-12(4)10(2)9-11(3)13(15)5/h9H,6-8H2,1-5H3,(H,16,17). The van der Waals surface area contributed by atoms with Gasteiger partial charge in [0, 0.05) is 12.2 Å². The van der Waals surface area contributed by atoms with Crippen molar-refractivity contribution in [3.05, 3.63) is 28.3 Å². The van der Waals surface area contributed by atoms with Gasteiger partial charge in [0.25, 0.3) is 10.0 Å². The second-order valence-electron chi connectivity index (χ2n) is 5.07. The molecule has 1 aromatic carbocycles. The van der Waals surface area contributed by atoms with Gasteiger partial charge in [0.15, 0.2) is 0 Å². The van der Waals surface area contributed by atoms with Crippen molar-refractivity contribution in [1.29, 1.82) is 0 Å². The largest absolute Gasteiger partial charge is 0.274 e. The Morgan fingerprint density at radius 3 is 2.14 bits per heavy atom. The fourth-order valence-corrected chi connectivity index (χ4v) is 4.40. The predicted molar refractivity (Wildman–Crippen MR) is 88.3 cm³/mol. The Bertz CT molecular complexity index is 611. The van der Waals surface area contributed by atoms with E-state index >= 15 is 0 Å². The van der Waals surface area contributed by atoms with E-state index in [-0.39, 0.29) is 11.3 Å². The van der Waals surface area contributed by atoms with Crippen LogP contribution in [0.4, 0.5) is 0 Å². The maximum atomic E-state index is 12.5. The van der Waals surface area contributed by atoms with Crippen molar-refractivity contribution >= 4 is 27.7 Å². The van der Waals surface area contributed by atoms with Gasteiger partial charge in [-0.3, -0.25) is 4.79 Å². The Balaban J connectivity index is 3.07. The van der Waals surface area contributed by atoms with Crippen LogP contribution in [0.25, 0.3) is 0 Å². The van der Waals surface area contributed by atoms with Gasteiger partial charge in [0.05, 0.1) is 4.90 Å². The third-order valence-corrected chi connectivity index (χ3v) is 6.04. The van der Waals surface area contributed by atoms with Crippen molar-refractivity contribution in [3.63, 3.8) is 0 Å². The van der Waals surface area contributed by atoms with Crippen LogP contribution in [0.3, 0.4) is 0 Å². The van der Waals surface area contributed by atoms with Gasteiger partial charge in [-0.1, -0.05) is 13.0 Å². The zero-order chi connectivity index (χ0) is 16.2. The predicted octanol–water partition coefficient (Wildman–Crippen LogP) is 2.87. The van der Waals surface area contributed by atoms with Gasteiger partial charge in [-0.05, 0) is 55.7 Å². The summed E-state index contributed by atoms with van der Waals surface area (Å²) in [5.41, 5.74) is 3.21. The minimum atomic E-state index is -3.81. The van der Waals surface area contributed by atoms with Crippen molar-refractivity contribution in [3.8, 4) is 0 Å². The highest BCUT2D eigenvalue weighted by Gasteiger charge is 2.23. The molecule has 21 heavy (non-hydrogen) atoms. The molecule has 0 atom stereocenters. The van der Waals surface area contributed by atoms with E-state index in [1.807, 2.05) is 26.8 Å². The number of carbonyl (C=O) groups excluding carboxylic acids is 1. The number of sulfonamides is 1. The minimum Gasteiger partial charge on any atom is -0.274 e. The van der Waals surface area contributed by atoms with Gasteiger partial charge in [-0.25, -0.2) is 13.1 Å². The monoisotopic (exact) mass is 329 g/mol. The molecule has 0 unspecified atom stereocenters. The molecular formula is C15H23NO3S2. The molecule has 1 rings (SSSR count). The molecule has 118 valence electrons. The van der Waals surface area contributed by atoms with Crippen LogP contribution in [0.2, 0.25) is 0 Å². The Morgan fingerprint density at radius 2 is 1.67 bits per heavy atom. The second-order valence-corrected chi connectivity index (χ2v) is 8.08. The molecule has 0 bridgehead atoms. The summed E-state index contributed by atoms with van der Waals surface area (Å²) in [4.78, 5) is 12.0. The van der Waals surface area contributed by atoms with Crippen LogP contribution in [-0.2, 0) is 14.8 Å². The van der Waals surface area contributed by atoms with Crippen LogP contribution in [0.15, 0.2) is 11.0 Å². The molecule has 0 fully saturated rings. The summed E-state index contributed by atoms with van der Waals surface area (Å²) in [6.45, 7) is 9.30. The molecule has 1 aromatic rings. The molecule has 0 saturated heterocycles. The maximum absolute atomic E-state index is 12.5. The molecule has 0 saturated carbocycles. The number of carbonyl (C=O) groups is 1. The molecule has 0 aliphatic rings. The van der Waals surface area contributed by atoms with Gasteiger partial charge in [-0.2, -0.15) is 11.8 Å². The van der Waals surface area contributed by atoms with Crippen molar-refractivity contribution in [2.24, 2.45) is 0 Å². The average Bonchev–Trinajstić information content (AvgIpc) is 2.36. The Kier molecular flexibility index (Phi) is 6.28. The van der Waals surface area contributed by atoms with Crippen molar-refractivity contribution < 1.29 is 13.2 Å². The number of aryl methyl sites for hydroxylation is 2. The van der Waals surface area contributed by atoms with Gasteiger partial charge >= 0.3 is 0 Å². The summed E-state index contributed by atoms with van der Waals surface area (Å²) in [5, 5.41) is 0. The molecular weight excluding hydrogens is 306 g/mol. The lowest BCUT2D eigenvalue weighted by Crippen LogP contribution is -2.32. The quantitative estimate of drug-likeness (QED) is 0.815. The Hall–Kier alpha value is -1.01. The van der Waals surface area contributed by atoms with E-state index in [1.165, 1.54) is 0 Å². The van der Waals surface area contributed by atoms with Crippen molar-refractivity contribution in [1.82, 2.24) is 4.72 Å². The smallest absolute Gasteiger partial charge is 0.264 e. The third-order valence-electron chi connectivity index (χ3n) is 3.49. The highest BCUT2D eigenvalue weighted by atomic mass is 32.2. The van der Waals surface area contributed by atoms with Gasteiger partial charge in [-0.15, -0.1) is 0 Å². The van der Waals surface area contributed by atoms with Crippen LogP contribution in [0.1, 0.15) is 35.6 Å². The molecule has 1 N–H and O–H groups in total. The fourth-order valence-electron chi connectivity index (χ4n) is 2.14. The summed E-state index contributed by atoms with van der Waals surface area (Å²) < 4.78 is 27.2. The van der Waals surface area contributed by atoms with Crippen molar-refractivity contribution in [2.75, 3.05) is 11.5 Å². The lowest BCUT2D eigenvalue weighted by atomic mass is 10.0. The zero-order valence-electron chi connectivity index (χ0n) is 13.2. The number of rotatable bonds is 6. The van der Waals surface area contributed by atoms with Crippen LogP contribution in [0, 0.1) is 27.7 Å². The van der Waals surface area contributed by atoms with E-state index in [2.05, 4.69) is 4.72 Å². The molecule has 0 heterocycles. The zero-order valence-corrected chi connectivity index (χ0v) is 14.9. The first-order chi connectivity index (χ1) is 9.70. The Morgan fingerprint density at radius 1 is 1.14 bits per heavy atom. The highest BCUT2D eigenvalue weighted by molar-refractivity contribution is 7.99. The molecule has 0 aliphatic heterocycles. The first-order valence-corrected chi connectivity index (χ1v) is 9.55.